The monoisotopic (exact) mass is 411 g/mol. The number of aromatic nitrogens is 3. The Kier molecular flexibility index (Phi) is 5.06. The summed E-state index contributed by atoms with van der Waals surface area (Å²) in [6, 6.07) is 17.4. The second-order valence-corrected chi connectivity index (χ2v) is 8.71. The van der Waals surface area contributed by atoms with Crippen LogP contribution in [0.25, 0.3) is 11.0 Å². The first-order valence-electron chi connectivity index (χ1n) is 8.48. The average Bonchev–Trinajstić information content (AvgIpc) is 3.12. The van der Waals surface area contributed by atoms with Crippen LogP contribution in [0.5, 0.6) is 5.75 Å². The number of rotatable bonds is 6. The fraction of sp³-hybridized carbons (Fsp3) is 0.100. The van der Waals surface area contributed by atoms with Gasteiger partial charge in [0.1, 0.15) is 5.75 Å². The van der Waals surface area contributed by atoms with Crippen LogP contribution in [0.1, 0.15) is 5.56 Å². The van der Waals surface area contributed by atoms with Crippen molar-refractivity contribution >= 4 is 32.8 Å². The molecule has 0 saturated heterocycles. The van der Waals surface area contributed by atoms with Crippen LogP contribution < -0.4 is 4.74 Å². The number of methoxy groups -OCH3 is 1. The van der Waals surface area contributed by atoms with E-state index in [4.69, 9.17) is 4.74 Å². The summed E-state index contributed by atoms with van der Waals surface area (Å²) in [6.45, 7) is 0. The second-order valence-electron chi connectivity index (χ2n) is 5.98. The molecule has 0 aliphatic rings. The van der Waals surface area contributed by atoms with E-state index in [1.54, 1.807) is 55.9 Å². The quantitative estimate of drug-likeness (QED) is 0.447. The molecular formula is C20H17N3O3S2. The van der Waals surface area contributed by atoms with Crippen LogP contribution >= 0.6 is 11.8 Å². The molecule has 0 atom stereocenters. The second kappa shape index (κ2) is 7.65. The van der Waals surface area contributed by atoms with Gasteiger partial charge in [-0.3, -0.25) is 4.98 Å². The van der Waals surface area contributed by atoms with Crippen LogP contribution in [0.2, 0.25) is 0 Å². The highest BCUT2D eigenvalue weighted by molar-refractivity contribution is 7.99. The summed E-state index contributed by atoms with van der Waals surface area (Å²) in [5, 5.41) is 0.417. The van der Waals surface area contributed by atoms with Crippen LogP contribution in [-0.4, -0.2) is 29.5 Å². The molecule has 28 heavy (non-hydrogen) atoms. The van der Waals surface area contributed by atoms with Gasteiger partial charge in [-0.15, -0.1) is 0 Å². The van der Waals surface area contributed by atoms with Gasteiger partial charge in [0.15, 0.2) is 5.16 Å². The Morgan fingerprint density at radius 1 is 1.04 bits per heavy atom. The van der Waals surface area contributed by atoms with E-state index in [0.717, 1.165) is 5.56 Å². The lowest BCUT2D eigenvalue weighted by Crippen LogP contribution is -2.14. The van der Waals surface area contributed by atoms with E-state index in [1.165, 1.54) is 15.7 Å². The SMILES string of the molecule is COc1ccc(S(=O)(=O)n2c(SCc3cccnc3)nc3ccccc32)cc1. The zero-order valence-electron chi connectivity index (χ0n) is 15.0. The van der Waals surface area contributed by atoms with Gasteiger partial charge in [0, 0.05) is 18.1 Å². The van der Waals surface area contributed by atoms with E-state index in [1.807, 2.05) is 24.3 Å². The maximum Gasteiger partial charge on any atom is 0.270 e. The molecule has 8 heteroatoms. The van der Waals surface area contributed by atoms with Crippen LogP contribution in [-0.2, 0) is 15.8 Å². The molecule has 0 spiro atoms. The van der Waals surface area contributed by atoms with Crippen molar-refractivity contribution < 1.29 is 13.2 Å². The van der Waals surface area contributed by atoms with Crippen molar-refractivity contribution in [3.8, 4) is 5.75 Å². The van der Waals surface area contributed by atoms with Crippen molar-refractivity contribution in [2.45, 2.75) is 15.8 Å². The van der Waals surface area contributed by atoms with Gasteiger partial charge in [-0.05, 0) is 48.0 Å². The molecule has 142 valence electrons. The van der Waals surface area contributed by atoms with Crippen molar-refractivity contribution in [3.05, 3.63) is 78.6 Å². The van der Waals surface area contributed by atoms with Gasteiger partial charge >= 0.3 is 0 Å². The molecule has 0 aliphatic heterocycles. The largest absolute Gasteiger partial charge is 0.497 e. The Hall–Kier alpha value is -2.84. The number of ether oxygens (including phenoxy) is 1. The average molecular weight is 412 g/mol. The van der Waals surface area contributed by atoms with Crippen molar-refractivity contribution in [1.29, 1.82) is 0 Å². The van der Waals surface area contributed by atoms with E-state index in [9.17, 15) is 8.42 Å². The summed E-state index contributed by atoms with van der Waals surface area (Å²) in [4.78, 5) is 8.84. The molecule has 0 aliphatic carbocycles. The minimum absolute atomic E-state index is 0.180. The van der Waals surface area contributed by atoms with Gasteiger partial charge in [-0.2, -0.15) is 0 Å². The maximum atomic E-state index is 13.4. The highest BCUT2D eigenvalue weighted by Gasteiger charge is 2.24. The number of imidazole rings is 1. The fourth-order valence-corrected chi connectivity index (χ4v) is 5.44. The minimum Gasteiger partial charge on any atom is -0.497 e. The molecule has 0 bridgehead atoms. The van der Waals surface area contributed by atoms with E-state index >= 15 is 0 Å². The first-order chi connectivity index (χ1) is 13.6. The third-order valence-corrected chi connectivity index (χ3v) is 7.02. The van der Waals surface area contributed by atoms with Gasteiger partial charge in [0.05, 0.1) is 23.0 Å². The van der Waals surface area contributed by atoms with E-state index in [2.05, 4.69) is 9.97 Å². The summed E-state index contributed by atoms with van der Waals surface area (Å²) in [5.74, 6) is 1.16. The summed E-state index contributed by atoms with van der Waals surface area (Å²) in [5.41, 5.74) is 2.17. The summed E-state index contributed by atoms with van der Waals surface area (Å²) in [6.07, 6.45) is 3.47. The number of para-hydroxylation sites is 2. The predicted molar refractivity (Wildman–Crippen MR) is 109 cm³/mol. The fourth-order valence-electron chi connectivity index (χ4n) is 2.79. The molecule has 2 aromatic heterocycles. The van der Waals surface area contributed by atoms with Gasteiger partial charge in [-0.1, -0.05) is 30.0 Å². The maximum absolute atomic E-state index is 13.4. The van der Waals surface area contributed by atoms with Gasteiger partial charge < -0.3 is 4.74 Å². The van der Waals surface area contributed by atoms with Crippen molar-refractivity contribution in [2.24, 2.45) is 0 Å². The van der Waals surface area contributed by atoms with E-state index in [0.29, 0.717) is 27.7 Å². The van der Waals surface area contributed by atoms with Crippen LogP contribution in [0.3, 0.4) is 0 Å². The van der Waals surface area contributed by atoms with Gasteiger partial charge in [0.2, 0.25) is 0 Å². The Bertz CT molecular complexity index is 1200. The normalized spacial score (nSPS) is 11.6. The predicted octanol–water partition coefficient (Wildman–Crippen LogP) is 3.97. The highest BCUT2D eigenvalue weighted by atomic mass is 32.2. The minimum atomic E-state index is -3.82. The number of hydrogen-bond acceptors (Lipinski definition) is 6. The van der Waals surface area contributed by atoms with Crippen molar-refractivity contribution in [2.75, 3.05) is 7.11 Å². The molecule has 6 nitrogen and oxygen atoms in total. The number of hydrogen-bond donors (Lipinski definition) is 0. The van der Waals surface area contributed by atoms with Gasteiger partial charge in [0.25, 0.3) is 10.0 Å². The Balaban J connectivity index is 1.79. The number of benzene rings is 2. The lowest BCUT2D eigenvalue weighted by atomic mass is 10.3. The molecule has 2 aromatic carbocycles. The standard InChI is InChI=1S/C20H17N3O3S2/c1-26-16-8-10-17(11-9-16)28(24,25)23-19-7-3-2-6-18(19)22-20(23)27-14-15-5-4-12-21-13-15/h2-13H,14H2,1H3. The number of thioether (sulfide) groups is 1. The first kappa shape index (κ1) is 18.5. The van der Waals surface area contributed by atoms with Crippen LogP contribution in [0.15, 0.2) is 83.1 Å². The van der Waals surface area contributed by atoms with E-state index in [-0.39, 0.29) is 4.90 Å². The van der Waals surface area contributed by atoms with E-state index < -0.39 is 10.0 Å². The highest BCUT2D eigenvalue weighted by Crippen LogP contribution is 2.31. The number of fused-ring (bicyclic) bond motifs is 1. The Morgan fingerprint density at radius 2 is 1.82 bits per heavy atom. The molecule has 4 rings (SSSR count). The molecule has 0 fully saturated rings. The molecule has 0 radical (unpaired) electrons. The molecule has 0 amide bonds. The lowest BCUT2D eigenvalue weighted by Gasteiger charge is -2.11. The summed E-state index contributed by atoms with van der Waals surface area (Å²) >= 11 is 1.36. The topological polar surface area (TPSA) is 74.1 Å². The van der Waals surface area contributed by atoms with Gasteiger partial charge in [-0.25, -0.2) is 17.4 Å². The molecule has 0 saturated carbocycles. The molecular weight excluding hydrogens is 394 g/mol. The zero-order valence-corrected chi connectivity index (χ0v) is 16.7. The zero-order chi connectivity index (χ0) is 19.6. The molecule has 4 aromatic rings. The van der Waals surface area contributed by atoms with Crippen molar-refractivity contribution in [3.63, 3.8) is 0 Å². The number of pyridine rings is 1. The number of nitrogens with zero attached hydrogens (tertiary/aromatic N) is 3. The smallest absolute Gasteiger partial charge is 0.270 e. The third-order valence-electron chi connectivity index (χ3n) is 4.18. The Labute approximate surface area is 167 Å². The first-order valence-corrected chi connectivity index (χ1v) is 10.9. The van der Waals surface area contributed by atoms with Crippen LogP contribution in [0.4, 0.5) is 0 Å². The Morgan fingerprint density at radius 3 is 2.54 bits per heavy atom. The lowest BCUT2D eigenvalue weighted by molar-refractivity contribution is 0.414. The van der Waals surface area contributed by atoms with Crippen LogP contribution in [0, 0.1) is 0 Å². The molecule has 2 heterocycles. The molecule has 0 N–H and O–H groups in total. The third kappa shape index (κ3) is 3.48. The molecule has 0 unspecified atom stereocenters. The van der Waals surface area contributed by atoms with Crippen molar-refractivity contribution in [1.82, 2.24) is 13.9 Å². The summed E-state index contributed by atoms with van der Waals surface area (Å²) < 4.78 is 33.2. The summed E-state index contributed by atoms with van der Waals surface area (Å²) in [7, 11) is -2.28.